The number of nitrogens with one attached hydrogen (secondary N) is 2. The number of pyridine rings is 1. The van der Waals surface area contributed by atoms with Gasteiger partial charge in [0, 0.05) is 5.38 Å². The number of anilines is 2. The van der Waals surface area contributed by atoms with Crippen molar-refractivity contribution in [1.29, 1.82) is 0 Å². The molecule has 0 aliphatic heterocycles. The van der Waals surface area contributed by atoms with E-state index in [4.69, 9.17) is 23.2 Å². The first kappa shape index (κ1) is 18.3. The third kappa shape index (κ3) is 4.78. The highest BCUT2D eigenvalue weighted by molar-refractivity contribution is 7.14. The van der Waals surface area contributed by atoms with Crippen LogP contribution in [0.3, 0.4) is 0 Å². The third-order valence-corrected chi connectivity index (χ3v) is 4.60. The molecule has 0 unspecified atom stereocenters. The lowest BCUT2D eigenvalue weighted by molar-refractivity contribution is -0.115. The summed E-state index contributed by atoms with van der Waals surface area (Å²) < 4.78 is 0. The van der Waals surface area contributed by atoms with E-state index in [2.05, 4.69) is 20.6 Å². The van der Waals surface area contributed by atoms with Crippen molar-refractivity contribution in [3.63, 3.8) is 0 Å². The van der Waals surface area contributed by atoms with E-state index in [1.807, 2.05) is 0 Å². The Morgan fingerprint density at radius 2 is 1.88 bits per heavy atom. The Kier molecular flexibility index (Phi) is 5.82. The number of aromatic nitrogens is 2. The zero-order chi connectivity index (χ0) is 18.5. The van der Waals surface area contributed by atoms with Crippen LogP contribution in [0.4, 0.5) is 10.8 Å². The van der Waals surface area contributed by atoms with Crippen LogP contribution in [0, 0.1) is 0 Å². The molecule has 3 rings (SSSR count). The first-order valence-electron chi connectivity index (χ1n) is 7.43. The summed E-state index contributed by atoms with van der Waals surface area (Å²) in [6.07, 6.45) is 1.54. The van der Waals surface area contributed by atoms with Crippen molar-refractivity contribution in [1.82, 2.24) is 9.97 Å². The van der Waals surface area contributed by atoms with Gasteiger partial charge >= 0.3 is 0 Å². The molecular formula is C17H12Cl2N4O2S. The highest BCUT2D eigenvalue weighted by Crippen LogP contribution is 2.20. The fraction of sp³-hybridized carbons (Fsp3) is 0.0588. The summed E-state index contributed by atoms with van der Waals surface area (Å²) in [5, 5.41) is 8.19. The monoisotopic (exact) mass is 406 g/mol. The van der Waals surface area contributed by atoms with E-state index in [-0.39, 0.29) is 18.2 Å². The summed E-state index contributed by atoms with van der Waals surface area (Å²) in [6.45, 7) is 0. The van der Waals surface area contributed by atoms with Crippen molar-refractivity contribution in [2.45, 2.75) is 6.42 Å². The van der Waals surface area contributed by atoms with Gasteiger partial charge in [0.15, 0.2) is 5.13 Å². The lowest BCUT2D eigenvalue weighted by Gasteiger charge is -2.04. The van der Waals surface area contributed by atoms with Crippen LogP contribution in [0.15, 0.2) is 48.0 Å². The second-order valence-electron chi connectivity index (χ2n) is 5.17. The maximum atomic E-state index is 12.2. The Labute approximate surface area is 163 Å². The van der Waals surface area contributed by atoms with E-state index in [0.29, 0.717) is 32.3 Å². The summed E-state index contributed by atoms with van der Waals surface area (Å²) >= 11 is 12.9. The highest BCUT2D eigenvalue weighted by Gasteiger charge is 2.13. The summed E-state index contributed by atoms with van der Waals surface area (Å²) in [5.41, 5.74) is 1.45. The van der Waals surface area contributed by atoms with E-state index in [0.717, 1.165) is 0 Å². The standard InChI is InChI=1S/C17H12Cl2N4O2S/c18-13-4-2-1-3-12(13)16(25)23-17-22-11(9-26-17)7-15(24)21-10-5-6-14(19)20-8-10/h1-6,8-9H,7H2,(H,21,24)(H,22,23,25). The number of carbonyl (C=O) groups excluding carboxylic acids is 2. The molecule has 9 heteroatoms. The van der Waals surface area contributed by atoms with Crippen molar-refractivity contribution in [2.24, 2.45) is 0 Å². The summed E-state index contributed by atoms with van der Waals surface area (Å²) in [5.74, 6) is -0.600. The number of benzene rings is 1. The largest absolute Gasteiger partial charge is 0.324 e. The van der Waals surface area contributed by atoms with Gasteiger partial charge in [-0.25, -0.2) is 9.97 Å². The van der Waals surface area contributed by atoms with Crippen LogP contribution >= 0.6 is 34.5 Å². The molecule has 6 nitrogen and oxygen atoms in total. The minimum absolute atomic E-state index is 0.0705. The normalized spacial score (nSPS) is 10.4. The molecule has 2 heterocycles. The molecule has 0 saturated heterocycles. The van der Waals surface area contributed by atoms with Crippen LogP contribution in [0.25, 0.3) is 0 Å². The lowest BCUT2D eigenvalue weighted by Crippen LogP contribution is -2.15. The van der Waals surface area contributed by atoms with Crippen LogP contribution in [-0.2, 0) is 11.2 Å². The molecule has 2 amide bonds. The topological polar surface area (TPSA) is 84.0 Å². The second kappa shape index (κ2) is 8.27. The van der Waals surface area contributed by atoms with E-state index < -0.39 is 0 Å². The number of amides is 2. The molecule has 26 heavy (non-hydrogen) atoms. The van der Waals surface area contributed by atoms with E-state index in [9.17, 15) is 9.59 Å². The molecule has 2 aromatic heterocycles. The fourth-order valence-electron chi connectivity index (χ4n) is 2.07. The van der Waals surface area contributed by atoms with E-state index in [1.54, 1.807) is 41.8 Å². The molecule has 0 atom stereocenters. The molecular weight excluding hydrogens is 395 g/mol. The lowest BCUT2D eigenvalue weighted by atomic mass is 10.2. The smallest absolute Gasteiger partial charge is 0.258 e. The van der Waals surface area contributed by atoms with E-state index >= 15 is 0 Å². The van der Waals surface area contributed by atoms with Crippen molar-refractivity contribution in [2.75, 3.05) is 10.6 Å². The maximum Gasteiger partial charge on any atom is 0.258 e. The first-order valence-corrected chi connectivity index (χ1v) is 9.06. The molecule has 0 aliphatic carbocycles. The predicted molar refractivity (Wildman–Crippen MR) is 103 cm³/mol. The number of carbonyl (C=O) groups is 2. The van der Waals surface area contributed by atoms with Gasteiger partial charge in [-0.15, -0.1) is 11.3 Å². The van der Waals surface area contributed by atoms with Crippen LogP contribution < -0.4 is 10.6 Å². The van der Waals surface area contributed by atoms with Crippen molar-refractivity contribution < 1.29 is 9.59 Å². The Morgan fingerprint density at radius 3 is 2.62 bits per heavy atom. The maximum absolute atomic E-state index is 12.2. The first-order chi connectivity index (χ1) is 12.5. The average Bonchev–Trinajstić information content (AvgIpc) is 3.04. The van der Waals surface area contributed by atoms with Crippen LogP contribution in [0.1, 0.15) is 16.1 Å². The van der Waals surface area contributed by atoms with Gasteiger partial charge in [-0.3, -0.25) is 14.9 Å². The zero-order valence-electron chi connectivity index (χ0n) is 13.2. The van der Waals surface area contributed by atoms with Crippen molar-refractivity contribution >= 4 is 57.2 Å². The van der Waals surface area contributed by atoms with Gasteiger partial charge in [0.05, 0.1) is 34.6 Å². The van der Waals surface area contributed by atoms with Crippen LogP contribution in [0.2, 0.25) is 10.2 Å². The Hall–Kier alpha value is -2.48. The second-order valence-corrected chi connectivity index (χ2v) is 6.83. The van der Waals surface area contributed by atoms with Gasteiger partial charge in [-0.2, -0.15) is 0 Å². The van der Waals surface area contributed by atoms with Gasteiger partial charge in [0.25, 0.3) is 5.91 Å². The molecule has 132 valence electrons. The minimum Gasteiger partial charge on any atom is -0.324 e. The molecule has 0 spiro atoms. The number of thiazole rings is 1. The van der Waals surface area contributed by atoms with Crippen molar-refractivity contribution in [3.8, 4) is 0 Å². The van der Waals surface area contributed by atoms with Gasteiger partial charge < -0.3 is 5.32 Å². The highest BCUT2D eigenvalue weighted by atomic mass is 35.5. The van der Waals surface area contributed by atoms with E-state index in [1.165, 1.54) is 17.5 Å². The third-order valence-electron chi connectivity index (χ3n) is 3.24. The number of hydrogen-bond donors (Lipinski definition) is 2. The summed E-state index contributed by atoms with van der Waals surface area (Å²) in [6, 6.07) is 9.98. The van der Waals surface area contributed by atoms with Crippen LogP contribution in [-0.4, -0.2) is 21.8 Å². The summed E-state index contributed by atoms with van der Waals surface area (Å²) in [7, 11) is 0. The molecule has 0 aliphatic rings. The van der Waals surface area contributed by atoms with Crippen molar-refractivity contribution in [3.05, 3.63) is 69.4 Å². The van der Waals surface area contributed by atoms with Gasteiger partial charge in [-0.05, 0) is 24.3 Å². The Balaban J connectivity index is 1.59. The van der Waals surface area contributed by atoms with Gasteiger partial charge in [0.1, 0.15) is 5.15 Å². The molecule has 0 radical (unpaired) electrons. The summed E-state index contributed by atoms with van der Waals surface area (Å²) in [4.78, 5) is 32.4. The molecule has 2 N–H and O–H groups in total. The molecule has 1 aromatic carbocycles. The Morgan fingerprint density at radius 1 is 1.08 bits per heavy atom. The van der Waals surface area contributed by atoms with Crippen LogP contribution in [0.5, 0.6) is 0 Å². The fourth-order valence-corrected chi connectivity index (χ4v) is 3.11. The quantitative estimate of drug-likeness (QED) is 0.619. The molecule has 0 bridgehead atoms. The minimum atomic E-state index is -0.354. The van der Waals surface area contributed by atoms with Gasteiger partial charge in [-0.1, -0.05) is 35.3 Å². The Bertz CT molecular complexity index is 944. The number of nitrogens with zero attached hydrogens (tertiary/aromatic N) is 2. The number of hydrogen-bond acceptors (Lipinski definition) is 5. The predicted octanol–water partition coefficient (Wildman–Crippen LogP) is 4.28. The number of rotatable bonds is 5. The molecule has 3 aromatic rings. The number of halogens is 2. The average molecular weight is 407 g/mol. The van der Waals surface area contributed by atoms with Gasteiger partial charge in [0.2, 0.25) is 5.91 Å². The molecule has 0 fully saturated rings. The SMILES string of the molecule is O=C(Cc1csc(NC(=O)c2ccccc2Cl)n1)Nc1ccc(Cl)nc1. The molecule has 0 saturated carbocycles. The zero-order valence-corrected chi connectivity index (χ0v) is 15.5.